The highest BCUT2D eigenvalue weighted by Crippen LogP contribution is 2.24. The van der Waals surface area contributed by atoms with Crippen molar-refractivity contribution in [3.63, 3.8) is 0 Å². The van der Waals surface area contributed by atoms with E-state index in [2.05, 4.69) is 27.5 Å². The first-order valence-corrected chi connectivity index (χ1v) is 9.62. The Morgan fingerprint density at radius 1 is 1.17 bits per heavy atom. The Morgan fingerprint density at radius 2 is 1.96 bits per heavy atom. The Labute approximate surface area is 161 Å². The van der Waals surface area contributed by atoms with Crippen molar-refractivity contribution in [1.29, 1.82) is 0 Å². The molecule has 0 aliphatic carbocycles. The van der Waals surface area contributed by atoms with Gasteiger partial charge < -0.3 is 9.84 Å². The van der Waals surface area contributed by atoms with Crippen LogP contribution in [0.3, 0.4) is 0 Å². The van der Waals surface area contributed by atoms with Crippen molar-refractivity contribution in [2.75, 3.05) is 13.2 Å². The van der Waals surface area contributed by atoms with Gasteiger partial charge in [0.15, 0.2) is 0 Å². The molecule has 2 aromatic carbocycles. The monoisotopic (exact) mass is 457 g/mol. The second-order valence-electron chi connectivity index (χ2n) is 6.17. The molecule has 0 spiro atoms. The van der Waals surface area contributed by atoms with Crippen molar-refractivity contribution >= 4 is 34.2 Å². The molecule has 1 fully saturated rings. The summed E-state index contributed by atoms with van der Waals surface area (Å²) >= 11 is 8.52. The second kappa shape index (κ2) is 8.52. The molecule has 0 aromatic heterocycles. The van der Waals surface area contributed by atoms with Gasteiger partial charge in [-0.05, 0) is 65.3 Å². The van der Waals surface area contributed by atoms with Gasteiger partial charge in [0.25, 0.3) is 0 Å². The van der Waals surface area contributed by atoms with Crippen LogP contribution < -0.4 is 0 Å². The molecule has 0 bridgehead atoms. The normalized spacial score (nSPS) is 17.5. The molecule has 0 radical (unpaired) electrons. The summed E-state index contributed by atoms with van der Waals surface area (Å²) in [6.07, 6.45) is 2.50. The average Bonchev–Trinajstić information content (AvgIpc) is 3.06. The van der Waals surface area contributed by atoms with Gasteiger partial charge in [0, 0.05) is 40.4 Å². The van der Waals surface area contributed by atoms with Crippen LogP contribution in [0.1, 0.15) is 24.0 Å². The number of hydrogen-bond acceptors (Lipinski definition) is 3. The number of aromatic hydroxyl groups is 1. The van der Waals surface area contributed by atoms with Gasteiger partial charge in [0.1, 0.15) is 5.75 Å². The zero-order valence-electron chi connectivity index (χ0n) is 13.4. The fourth-order valence-corrected chi connectivity index (χ4v) is 3.75. The van der Waals surface area contributed by atoms with Gasteiger partial charge in [-0.25, -0.2) is 0 Å². The number of rotatable bonds is 6. The average molecular weight is 458 g/mol. The number of hydrogen-bond donors (Lipinski definition) is 1. The summed E-state index contributed by atoms with van der Waals surface area (Å²) in [5, 5.41) is 10.9. The molecule has 1 saturated heterocycles. The van der Waals surface area contributed by atoms with E-state index in [4.69, 9.17) is 16.3 Å². The van der Waals surface area contributed by atoms with Crippen LogP contribution >= 0.6 is 34.2 Å². The predicted molar refractivity (Wildman–Crippen MR) is 105 cm³/mol. The molecule has 1 N–H and O–H groups in total. The highest BCUT2D eigenvalue weighted by molar-refractivity contribution is 14.1. The lowest BCUT2D eigenvalue weighted by molar-refractivity contribution is 0.0675. The van der Waals surface area contributed by atoms with E-state index in [1.165, 1.54) is 9.13 Å². The van der Waals surface area contributed by atoms with E-state index in [1.54, 1.807) is 6.07 Å². The van der Waals surface area contributed by atoms with Gasteiger partial charge in [-0.3, -0.25) is 4.90 Å². The largest absolute Gasteiger partial charge is 0.508 e. The lowest BCUT2D eigenvalue weighted by Crippen LogP contribution is -2.31. The van der Waals surface area contributed by atoms with E-state index >= 15 is 0 Å². The Balaban J connectivity index is 1.78. The van der Waals surface area contributed by atoms with Crippen LogP contribution in [0, 0.1) is 3.57 Å². The number of phenolic OH excluding ortho intramolecular Hbond substituents is 1. The molecule has 3 rings (SSSR count). The van der Waals surface area contributed by atoms with E-state index in [0.29, 0.717) is 12.3 Å². The van der Waals surface area contributed by atoms with E-state index in [0.717, 1.165) is 43.1 Å². The molecule has 5 heteroatoms. The minimum absolute atomic E-state index is 0.271. The van der Waals surface area contributed by atoms with Gasteiger partial charge in [-0.1, -0.05) is 29.8 Å². The summed E-state index contributed by atoms with van der Waals surface area (Å²) in [6.45, 7) is 3.18. The van der Waals surface area contributed by atoms with E-state index < -0.39 is 0 Å². The summed E-state index contributed by atoms with van der Waals surface area (Å²) in [6, 6.07) is 13.5. The molecule has 128 valence electrons. The van der Waals surface area contributed by atoms with Crippen LogP contribution in [0.2, 0.25) is 5.02 Å². The van der Waals surface area contributed by atoms with E-state index in [1.807, 2.05) is 36.4 Å². The standard InChI is InChI=1S/C19H21ClINO2/c20-16-7-8-18(21)15(10-16)12-22(13-17-5-3-9-24-17)11-14-4-1-2-6-19(14)23/h1-2,4,6-8,10,17,23H,3,5,9,11-13H2. The number of nitrogens with zero attached hydrogens (tertiary/aromatic N) is 1. The molecule has 24 heavy (non-hydrogen) atoms. The van der Waals surface area contributed by atoms with Crippen LogP contribution in [0.15, 0.2) is 42.5 Å². The molecule has 1 aliphatic heterocycles. The first kappa shape index (κ1) is 18.0. The summed E-state index contributed by atoms with van der Waals surface area (Å²) in [5.74, 6) is 0.343. The third-order valence-electron chi connectivity index (χ3n) is 4.27. The molecule has 0 amide bonds. The van der Waals surface area contributed by atoms with Crippen molar-refractivity contribution in [2.24, 2.45) is 0 Å². The van der Waals surface area contributed by atoms with Crippen molar-refractivity contribution in [3.05, 3.63) is 62.2 Å². The van der Waals surface area contributed by atoms with Gasteiger partial charge >= 0.3 is 0 Å². The lowest BCUT2D eigenvalue weighted by Gasteiger charge is -2.26. The number of phenols is 1. The fraction of sp³-hybridized carbons (Fsp3) is 0.368. The molecule has 1 unspecified atom stereocenters. The highest BCUT2D eigenvalue weighted by Gasteiger charge is 2.21. The molecule has 1 heterocycles. The summed E-state index contributed by atoms with van der Waals surface area (Å²) in [4.78, 5) is 2.33. The van der Waals surface area contributed by atoms with Crippen molar-refractivity contribution < 1.29 is 9.84 Å². The number of benzene rings is 2. The number of halogens is 2. The number of ether oxygens (including phenoxy) is 1. The third kappa shape index (κ3) is 4.85. The van der Waals surface area contributed by atoms with Gasteiger partial charge in [0.05, 0.1) is 6.10 Å². The molecule has 2 aromatic rings. The fourth-order valence-electron chi connectivity index (χ4n) is 3.05. The van der Waals surface area contributed by atoms with Crippen molar-refractivity contribution in [1.82, 2.24) is 4.90 Å². The van der Waals surface area contributed by atoms with Crippen LogP contribution in [0.5, 0.6) is 5.75 Å². The minimum Gasteiger partial charge on any atom is -0.508 e. The topological polar surface area (TPSA) is 32.7 Å². The zero-order valence-corrected chi connectivity index (χ0v) is 16.3. The van der Waals surface area contributed by atoms with Gasteiger partial charge in [-0.15, -0.1) is 0 Å². The molecular weight excluding hydrogens is 437 g/mol. The lowest BCUT2D eigenvalue weighted by atomic mass is 10.1. The summed E-state index contributed by atoms with van der Waals surface area (Å²) in [5.41, 5.74) is 2.14. The van der Waals surface area contributed by atoms with Crippen LogP contribution in [0.25, 0.3) is 0 Å². The Morgan fingerprint density at radius 3 is 2.71 bits per heavy atom. The molecule has 0 saturated carbocycles. The zero-order chi connectivity index (χ0) is 16.9. The Hall–Kier alpha value is -0.820. The maximum absolute atomic E-state index is 10.1. The smallest absolute Gasteiger partial charge is 0.120 e. The molecule has 1 aliphatic rings. The van der Waals surface area contributed by atoms with Crippen LogP contribution in [-0.4, -0.2) is 29.3 Å². The van der Waals surface area contributed by atoms with E-state index in [9.17, 15) is 5.11 Å². The quantitative estimate of drug-likeness (QED) is 0.631. The summed E-state index contributed by atoms with van der Waals surface area (Å²) in [7, 11) is 0. The molecular formula is C19H21ClINO2. The second-order valence-corrected chi connectivity index (χ2v) is 7.77. The van der Waals surface area contributed by atoms with Crippen LogP contribution in [0.4, 0.5) is 0 Å². The summed E-state index contributed by atoms with van der Waals surface area (Å²) < 4.78 is 7.01. The first-order valence-electron chi connectivity index (χ1n) is 8.16. The van der Waals surface area contributed by atoms with Gasteiger partial charge in [-0.2, -0.15) is 0 Å². The van der Waals surface area contributed by atoms with Crippen molar-refractivity contribution in [3.8, 4) is 5.75 Å². The molecule has 1 atom stereocenters. The SMILES string of the molecule is Oc1ccccc1CN(Cc1cc(Cl)ccc1I)CC1CCCO1. The third-order valence-corrected chi connectivity index (χ3v) is 5.56. The first-order chi connectivity index (χ1) is 11.6. The minimum atomic E-state index is 0.271. The van der Waals surface area contributed by atoms with Crippen molar-refractivity contribution in [2.45, 2.75) is 32.0 Å². The number of para-hydroxylation sites is 1. The Kier molecular flexibility index (Phi) is 6.38. The highest BCUT2D eigenvalue weighted by atomic mass is 127. The van der Waals surface area contributed by atoms with Gasteiger partial charge in [0.2, 0.25) is 0 Å². The maximum Gasteiger partial charge on any atom is 0.120 e. The van der Waals surface area contributed by atoms with Crippen LogP contribution in [-0.2, 0) is 17.8 Å². The Bertz CT molecular complexity index is 689. The van der Waals surface area contributed by atoms with E-state index in [-0.39, 0.29) is 6.10 Å². The molecule has 3 nitrogen and oxygen atoms in total. The maximum atomic E-state index is 10.1. The predicted octanol–water partition coefficient (Wildman–Crippen LogP) is 4.83.